The molecule has 0 bridgehead atoms. The Hall–Kier alpha value is -1.46. The van der Waals surface area contributed by atoms with Gasteiger partial charge in [-0.1, -0.05) is 6.07 Å². The Morgan fingerprint density at radius 1 is 1.20 bits per heavy atom. The van der Waals surface area contributed by atoms with E-state index in [1.165, 1.54) is 0 Å². The van der Waals surface area contributed by atoms with Gasteiger partial charge in [-0.2, -0.15) is 0 Å². The number of hydrogen-bond acceptors (Lipinski definition) is 4. The smallest absolute Gasteiger partial charge is 0.244 e. The number of likely N-dealkylation sites (tertiary alicyclic amines) is 1. The quantitative estimate of drug-likeness (QED) is 0.828. The molecular weight excluding hydrogens is 254 g/mol. The third-order valence-electron chi connectivity index (χ3n) is 4.06. The van der Waals surface area contributed by atoms with E-state index in [1.807, 2.05) is 23.2 Å². The normalized spacial score (nSPS) is 21.9. The number of amides is 1. The summed E-state index contributed by atoms with van der Waals surface area (Å²) < 4.78 is 5.41. The number of pyridine rings is 1. The van der Waals surface area contributed by atoms with E-state index in [0.717, 1.165) is 44.6 Å². The lowest BCUT2D eigenvalue weighted by atomic mass is 10.1. The first-order valence-corrected chi connectivity index (χ1v) is 7.37. The van der Waals surface area contributed by atoms with Crippen LogP contribution in [0.1, 0.15) is 24.4 Å². The number of aromatic nitrogens is 1. The number of hydrogen-bond donors (Lipinski definition) is 0. The zero-order valence-electron chi connectivity index (χ0n) is 11.7. The molecule has 1 aromatic heterocycles. The standard InChI is InChI=1S/C15H21N3O2/c19-15(18-6-1-2-7-18)14(13-4-3-5-16-12-13)17-8-10-20-11-9-17/h3-5,12,14H,1-2,6-11H2/t14-/m1/s1. The van der Waals surface area contributed by atoms with Gasteiger partial charge in [0.25, 0.3) is 0 Å². The molecule has 0 aromatic carbocycles. The molecule has 1 atom stereocenters. The Balaban J connectivity index is 1.84. The summed E-state index contributed by atoms with van der Waals surface area (Å²) in [5.74, 6) is 0.220. The van der Waals surface area contributed by atoms with E-state index in [9.17, 15) is 4.79 Å². The molecule has 0 unspecified atom stereocenters. The highest BCUT2D eigenvalue weighted by molar-refractivity contribution is 5.83. The van der Waals surface area contributed by atoms with Crippen LogP contribution in [0.3, 0.4) is 0 Å². The van der Waals surface area contributed by atoms with Crippen LogP contribution in [0.2, 0.25) is 0 Å². The fourth-order valence-corrected chi connectivity index (χ4v) is 2.99. The van der Waals surface area contributed by atoms with E-state index in [4.69, 9.17) is 4.74 Å². The van der Waals surface area contributed by atoms with E-state index < -0.39 is 0 Å². The SMILES string of the molecule is O=C([C@@H](c1cccnc1)N1CCOCC1)N1CCCC1. The van der Waals surface area contributed by atoms with E-state index in [0.29, 0.717) is 13.2 Å². The predicted octanol–water partition coefficient (Wildman–Crippen LogP) is 1.08. The second kappa shape index (κ2) is 6.33. The molecule has 2 aliphatic rings. The molecule has 3 rings (SSSR count). The lowest BCUT2D eigenvalue weighted by molar-refractivity contribution is -0.138. The summed E-state index contributed by atoms with van der Waals surface area (Å²) in [6.45, 7) is 4.78. The van der Waals surface area contributed by atoms with Crippen molar-refractivity contribution in [2.45, 2.75) is 18.9 Å². The lowest BCUT2D eigenvalue weighted by Gasteiger charge is -2.35. The molecule has 5 nitrogen and oxygen atoms in total. The molecule has 0 radical (unpaired) electrons. The van der Waals surface area contributed by atoms with Crippen molar-refractivity contribution in [1.82, 2.24) is 14.8 Å². The summed E-state index contributed by atoms with van der Waals surface area (Å²) in [7, 11) is 0. The highest BCUT2D eigenvalue weighted by Gasteiger charge is 2.33. The van der Waals surface area contributed by atoms with Gasteiger partial charge in [0.15, 0.2) is 0 Å². The molecule has 1 amide bonds. The van der Waals surface area contributed by atoms with Crippen LogP contribution in [0.15, 0.2) is 24.5 Å². The van der Waals surface area contributed by atoms with Crippen LogP contribution >= 0.6 is 0 Å². The van der Waals surface area contributed by atoms with Gasteiger partial charge in [0.05, 0.1) is 13.2 Å². The van der Waals surface area contributed by atoms with Gasteiger partial charge in [-0.3, -0.25) is 14.7 Å². The van der Waals surface area contributed by atoms with Gasteiger partial charge in [-0.05, 0) is 24.5 Å². The average molecular weight is 275 g/mol. The van der Waals surface area contributed by atoms with Crippen molar-refractivity contribution < 1.29 is 9.53 Å². The molecule has 20 heavy (non-hydrogen) atoms. The van der Waals surface area contributed by atoms with Gasteiger partial charge in [0.2, 0.25) is 5.91 Å². The Kier molecular flexibility index (Phi) is 4.28. The fraction of sp³-hybridized carbons (Fsp3) is 0.600. The van der Waals surface area contributed by atoms with E-state index in [-0.39, 0.29) is 11.9 Å². The summed E-state index contributed by atoms with van der Waals surface area (Å²) in [6.07, 6.45) is 5.80. The molecule has 2 aliphatic heterocycles. The highest BCUT2D eigenvalue weighted by Crippen LogP contribution is 2.25. The van der Waals surface area contributed by atoms with E-state index in [2.05, 4.69) is 9.88 Å². The maximum absolute atomic E-state index is 12.9. The minimum atomic E-state index is -0.203. The second-order valence-corrected chi connectivity index (χ2v) is 5.37. The fourth-order valence-electron chi connectivity index (χ4n) is 2.99. The van der Waals surface area contributed by atoms with E-state index in [1.54, 1.807) is 6.20 Å². The van der Waals surface area contributed by atoms with Crippen LogP contribution in [0, 0.1) is 0 Å². The third-order valence-corrected chi connectivity index (χ3v) is 4.06. The summed E-state index contributed by atoms with van der Waals surface area (Å²) in [5, 5.41) is 0. The van der Waals surface area contributed by atoms with Crippen molar-refractivity contribution in [3.63, 3.8) is 0 Å². The van der Waals surface area contributed by atoms with Crippen molar-refractivity contribution in [1.29, 1.82) is 0 Å². The average Bonchev–Trinajstić information content (AvgIpc) is 3.04. The molecule has 0 N–H and O–H groups in total. The number of nitrogens with zero attached hydrogens (tertiary/aromatic N) is 3. The highest BCUT2D eigenvalue weighted by atomic mass is 16.5. The summed E-state index contributed by atoms with van der Waals surface area (Å²) >= 11 is 0. The summed E-state index contributed by atoms with van der Waals surface area (Å²) in [6, 6.07) is 3.70. The first-order chi connectivity index (χ1) is 9.86. The molecule has 0 saturated carbocycles. The van der Waals surface area contributed by atoms with Crippen LogP contribution in [0.4, 0.5) is 0 Å². The lowest BCUT2D eigenvalue weighted by Crippen LogP contribution is -2.46. The predicted molar refractivity (Wildman–Crippen MR) is 75.2 cm³/mol. The van der Waals surface area contributed by atoms with Crippen LogP contribution in [0.25, 0.3) is 0 Å². The molecule has 0 spiro atoms. The van der Waals surface area contributed by atoms with E-state index >= 15 is 0 Å². The molecule has 5 heteroatoms. The maximum Gasteiger partial charge on any atom is 0.244 e. The first kappa shape index (κ1) is 13.5. The molecule has 1 aromatic rings. The van der Waals surface area contributed by atoms with Gasteiger partial charge < -0.3 is 9.64 Å². The van der Waals surface area contributed by atoms with Crippen molar-refractivity contribution in [3.05, 3.63) is 30.1 Å². The van der Waals surface area contributed by atoms with Crippen LogP contribution in [-0.4, -0.2) is 60.1 Å². The molecule has 3 heterocycles. The molecule has 2 saturated heterocycles. The Morgan fingerprint density at radius 3 is 2.60 bits per heavy atom. The topological polar surface area (TPSA) is 45.7 Å². The van der Waals surface area contributed by atoms with Crippen LogP contribution in [0.5, 0.6) is 0 Å². The first-order valence-electron chi connectivity index (χ1n) is 7.37. The summed E-state index contributed by atoms with van der Waals surface area (Å²) in [4.78, 5) is 21.3. The molecular formula is C15H21N3O2. The van der Waals surface area contributed by atoms with Gasteiger partial charge in [0, 0.05) is 38.6 Å². The zero-order chi connectivity index (χ0) is 13.8. The minimum absolute atomic E-state index is 0.203. The van der Waals surface area contributed by atoms with Crippen molar-refractivity contribution in [2.24, 2.45) is 0 Å². The number of carbonyl (C=O) groups is 1. The maximum atomic E-state index is 12.9. The van der Waals surface area contributed by atoms with Gasteiger partial charge in [-0.15, -0.1) is 0 Å². The number of rotatable bonds is 3. The van der Waals surface area contributed by atoms with Crippen molar-refractivity contribution in [3.8, 4) is 0 Å². The van der Waals surface area contributed by atoms with Gasteiger partial charge in [-0.25, -0.2) is 0 Å². The second-order valence-electron chi connectivity index (χ2n) is 5.37. The summed E-state index contributed by atoms with van der Waals surface area (Å²) in [5.41, 5.74) is 0.992. The monoisotopic (exact) mass is 275 g/mol. The molecule has 108 valence electrons. The Morgan fingerprint density at radius 2 is 1.95 bits per heavy atom. The van der Waals surface area contributed by atoms with Crippen molar-refractivity contribution in [2.75, 3.05) is 39.4 Å². The molecule has 0 aliphatic carbocycles. The van der Waals surface area contributed by atoms with Gasteiger partial charge >= 0.3 is 0 Å². The Bertz CT molecular complexity index is 440. The number of ether oxygens (including phenoxy) is 1. The molecule has 2 fully saturated rings. The number of carbonyl (C=O) groups excluding carboxylic acids is 1. The zero-order valence-corrected chi connectivity index (χ0v) is 11.7. The Labute approximate surface area is 119 Å². The van der Waals surface area contributed by atoms with Gasteiger partial charge in [0.1, 0.15) is 6.04 Å². The van der Waals surface area contributed by atoms with Crippen molar-refractivity contribution >= 4 is 5.91 Å². The minimum Gasteiger partial charge on any atom is -0.379 e. The number of morpholine rings is 1. The third kappa shape index (κ3) is 2.83. The van der Waals surface area contributed by atoms with Crippen LogP contribution in [-0.2, 0) is 9.53 Å². The largest absolute Gasteiger partial charge is 0.379 e. The van der Waals surface area contributed by atoms with Crippen LogP contribution < -0.4 is 0 Å².